The number of non-ortho nitro benzene ring substituents is 1. The van der Waals surface area contributed by atoms with E-state index in [0.29, 0.717) is 5.71 Å². The summed E-state index contributed by atoms with van der Waals surface area (Å²) in [5.74, 6) is 0. The van der Waals surface area contributed by atoms with Crippen molar-refractivity contribution in [3.63, 3.8) is 0 Å². The lowest BCUT2D eigenvalue weighted by Crippen LogP contribution is -1.99. The van der Waals surface area contributed by atoms with Crippen molar-refractivity contribution in [3.8, 4) is 0 Å². The molecule has 2 rings (SSSR count). The first-order valence-corrected chi connectivity index (χ1v) is 5.98. The van der Waals surface area contributed by atoms with E-state index in [1.807, 2.05) is 18.2 Å². The van der Waals surface area contributed by atoms with Gasteiger partial charge in [-0.05, 0) is 36.8 Å². The summed E-state index contributed by atoms with van der Waals surface area (Å²) < 4.78 is 0. The van der Waals surface area contributed by atoms with Gasteiger partial charge in [-0.2, -0.15) is 0 Å². The van der Waals surface area contributed by atoms with Gasteiger partial charge in [0, 0.05) is 18.3 Å². The molecule has 20 heavy (non-hydrogen) atoms. The van der Waals surface area contributed by atoms with Crippen LogP contribution in [0.25, 0.3) is 0 Å². The third-order valence-corrected chi connectivity index (χ3v) is 2.62. The number of nitrogens with zero attached hydrogens (tertiary/aromatic N) is 3. The van der Waals surface area contributed by atoms with Crippen LogP contribution in [0.1, 0.15) is 18.2 Å². The van der Waals surface area contributed by atoms with E-state index >= 15 is 0 Å². The molecule has 2 aromatic rings. The summed E-state index contributed by atoms with van der Waals surface area (Å²) in [6.07, 6.45) is 1.69. The van der Waals surface area contributed by atoms with Crippen molar-refractivity contribution in [1.82, 2.24) is 4.98 Å². The summed E-state index contributed by atoms with van der Waals surface area (Å²) in [6.45, 7) is 2.06. The molecule has 102 valence electrons. The number of hydrogen-bond acceptors (Lipinski definition) is 5. The molecule has 0 fully saturated rings. The summed E-state index contributed by atoms with van der Waals surface area (Å²) in [4.78, 5) is 19.4. The van der Waals surface area contributed by atoms with E-state index in [1.165, 1.54) is 12.1 Å². The van der Waals surface area contributed by atoms with E-state index in [4.69, 9.17) is 4.84 Å². The maximum atomic E-state index is 10.5. The molecule has 1 heterocycles. The van der Waals surface area contributed by atoms with Crippen LogP contribution in [0.5, 0.6) is 0 Å². The Kier molecular flexibility index (Phi) is 4.39. The van der Waals surface area contributed by atoms with Gasteiger partial charge in [0.25, 0.3) is 5.69 Å². The molecule has 0 amide bonds. The number of pyridine rings is 1. The number of nitro groups is 1. The van der Waals surface area contributed by atoms with E-state index in [2.05, 4.69) is 10.1 Å². The van der Waals surface area contributed by atoms with Gasteiger partial charge in [-0.15, -0.1) is 0 Å². The molecule has 0 aliphatic heterocycles. The van der Waals surface area contributed by atoms with Crippen LogP contribution in [0.3, 0.4) is 0 Å². The summed E-state index contributed by atoms with van der Waals surface area (Å²) in [5, 5.41) is 14.5. The van der Waals surface area contributed by atoms with Crippen molar-refractivity contribution < 1.29 is 9.76 Å². The van der Waals surface area contributed by atoms with Gasteiger partial charge in [0.05, 0.1) is 10.6 Å². The van der Waals surface area contributed by atoms with Crippen molar-refractivity contribution in [1.29, 1.82) is 0 Å². The lowest BCUT2D eigenvalue weighted by molar-refractivity contribution is -0.384. The zero-order chi connectivity index (χ0) is 14.4. The van der Waals surface area contributed by atoms with Crippen molar-refractivity contribution >= 4 is 11.4 Å². The number of oxime groups is 1. The first kappa shape index (κ1) is 13.7. The van der Waals surface area contributed by atoms with Gasteiger partial charge in [-0.3, -0.25) is 15.1 Å². The van der Waals surface area contributed by atoms with Gasteiger partial charge in [0.1, 0.15) is 12.3 Å². The van der Waals surface area contributed by atoms with Crippen LogP contribution >= 0.6 is 0 Å². The highest BCUT2D eigenvalue weighted by Gasteiger charge is 2.04. The number of aromatic nitrogens is 1. The van der Waals surface area contributed by atoms with Crippen molar-refractivity contribution in [2.45, 2.75) is 13.5 Å². The molecule has 0 aliphatic carbocycles. The molecule has 6 heteroatoms. The van der Waals surface area contributed by atoms with Crippen LogP contribution in [-0.4, -0.2) is 15.6 Å². The van der Waals surface area contributed by atoms with E-state index in [9.17, 15) is 10.1 Å². The Labute approximate surface area is 115 Å². The third kappa shape index (κ3) is 3.61. The van der Waals surface area contributed by atoms with Gasteiger partial charge in [0.2, 0.25) is 0 Å². The summed E-state index contributed by atoms with van der Waals surface area (Å²) in [5.41, 5.74) is 2.29. The van der Waals surface area contributed by atoms with Gasteiger partial charge >= 0.3 is 0 Å². The highest BCUT2D eigenvalue weighted by atomic mass is 16.6. The largest absolute Gasteiger partial charge is 0.391 e. The zero-order valence-corrected chi connectivity index (χ0v) is 10.9. The van der Waals surface area contributed by atoms with Crippen molar-refractivity contribution in [2.24, 2.45) is 5.16 Å². The summed E-state index contributed by atoms with van der Waals surface area (Å²) in [7, 11) is 0. The molecule has 0 unspecified atom stereocenters. The fourth-order valence-corrected chi connectivity index (χ4v) is 1.54. The fraction of sp³-hybridized carbons (Fsp3) is 0.143. The molecule has 0 atom stereocenters. The van der Waals surface area contributed by atoms with Crippen LogP contribution in [-0.2, 0) is 11.4 Å². The summed E-state index contributed by atoms with van der Waals surface area (Å²) >= 11 is 0. The second-order valence-electron chi connectivity index (χ2n) is 4.09. The molecular weight excluding hydrogens is 258 g/mol. The molecule has 0 aliphatic rings. The zero-order valence-electron chi connectivity index (χ0n) is 10.9. The second kappa shape index (κ2) is 6.42. The van der Waals surface area contributed by atoms with Gasteiger partial charge in [0.15, 0.2) is 0 Å². The molecule has 1 aromatic heterocycles. The lowest BCUT2D eigenvalue weighted by Gasteiger charge is -2.02. The Morgan fingerprint density at radius 3 is 2.65 bits per heavy atom. The van der Waals surface area contributed by atoms with E-state index in [-0.39, 0.29) is 12.3 Å². The smallest absolute Gasteiger partial charge is 0.269 e. The minimum absolute atomic E-state index is 0.0573. The van der Waals surface area contributed by atoms with Gasteiger partial charge < -0.3 is 4.84 Å². The topological polar surface area (TPSA) is 77.6 Å². The first-order chi connectivity index (χ1) is 9.66. The molecule has 0 saturated heterocycles. The number of benzene rings is 1. The van der Waals surface area contributed by atoms with Crippen LogP contribution < -0.4 is 0 Å². The SMILES string of the molecule is C/C(=N\OCc1ccc([N+](=O)[O-])cc1)c1ccccn1. The monoisotopic (exact) mass is 271 g/mol. The Hall–Kier alpha value is -2.76. The predicted octanol–water partition coefficient (Wildman–Crippen LogP) is 2.93. The minimum atomic E-state index is -0.436. The molecule has 0 N–H and O–H groups in total. The maximum absolute atomic E-state index is 10.5. The van der Waals surface area contributed by atoms with Gasteiger partial charge in [-0.25, -0.2) is 0 Å². The van der Waals surface area contributed by atoms with Crippen LogP contribution in [0.4, 0.5) is 5.69 Å². The standard InChI is InChI=1S/C14H13N3O3/c1-11(14-4-2-3-9-15-14)16-20-10-12-5-7-13(8-6-12)17(18)19/h2-9H,10H2,1H3/b16-11+. The van der Waals surface area contributed by atoms with Crippen LogP contribution in [0.15, 0.2) is 53.8 Å². The Morgan fingerprint density at radius 1 is 1.30 bits per heavy atom. The fourth-order valence-electron chi connectivity index (χ4n) is 1.54. The molecule has 0 radical (unpaired) electrons. The molecular formula is C14H13N3O3. The van der Waals surface area contributed by atoms with Gasteiger partial charge in [-0.1, -0.05) is 11.2 Å². The summed E-state index contributed by atoms with van der Waals surface area (Å²) in [6, 6.07) is 11.7. The van der Waals surface area contributed by atoms with Crippen LogP contribution in [0, 0.1) is 10.1 Å². The number of hydrogen-bond donors (Lipinski definition) is 0. The molecule has 0 bridgehead atoms. The lowest BCUT2D eigenvalue weighted by atomic mass is 10.2. The van der Waals surface area contributed by atoms with E-state index in [0.717, 1.165) is 11.3 Å². The average molecular weight is 271 g/mol. The predicted molar refractivity (Wildman–Crippen MR) is 74.3 cm³/mol. The maximum Gasteiger partial charge on any atom is 0.269 e. The minimum Gasteiger partial charge on any atom is -0.391 e. The molecule has 0 spiro atoms. The first-order valence-electron chi connectivity index (χ1n) is 5.98. The molecule has 6 nitrogen and oxygen atoms in total. The number of rotatable bonds is 5. The Morgan fingerprint density at radius 2 is 2.05 bits per heavy atom. The Balaban J connectivity index is 1.94. The normalized spacial score (nSPS) is 11.2. The van der Waals surface area contributed by atoms with Crippen molar-refractivity contribution in [2.75, 3.05) is 0 Å². The van der Waals surface area contributed by atoms with Crippen LogP contribution in [0.2, 0.25) is 0 Å². The Bertz CT molecular complexity index is 609. The quantitative estimate of drug-likeness (QED) is 0.476. The third-order valence-electron chi connectivity index (χ3n) is 2.62. The second-order valence-corrected chi connectivity index (χ2v) is 4.09. The van der Waals surface area contributed by atoms with E-state index < -0.39 is 4.92 Å². The molecule has 0 saturated carbocycles. The van der Waals surface area contributed by atoms with Crippen molar-refractivity contribution in [3.05, 3.63) is 70.0 Å². The number of nitro benzene ring substituents is 1. The van der Waals surface area contributed by atoms with E-state index in [1.54, 1.807) is 25.3 Å². The highest BCUT2D eigenvalue weighted by Crippen LogP contribution is 2.12. The molecule has 1 aromatic carbocycles. The highest BCUT2D eigenvalue weighted by molar-refractivity contribution is 5.96. The average Bonchev–Trinajstić information content (AvgIpc) is 2.48.